The van der Waals surface area contributed by atoms with Crippen LogP contribution in [0.5, 0.6) is 0 Å². The summed E-state index contributed by atoms with van der Waals surface area (Å²) in [7, 11) is 0. The zero-order valence-electron chi connectivity index (χ0n) is 19.4. The predicted molar refractivity (Wildman–Crippen MR) is 130 cm³/mol. The number of carbonyl (C=O) groups is 2. The van der Waals surface area contributed by atoms with Crippen LogP contribution in [-0.4, -0.2) is 21.7 Å². The van der Waals surface area contributed by atoms with Crippen molar-refractivity contribution in [3.63, 3.8) is 0 Å². The van der Waals surface area contributed by atoms with Gasteiger partial charge in [-0.2, -0.15) is 0 Å². The Hall–Kier alpha value is -3.67. The van der Waals surface area contributed by atoms with E-state index in [0.717, 1.165) is 40.0 Å². The average Bonchev–Trinajstić information content (AvgIpc) is 3.15. The fraction of sp³-hybridized carbons (Fsp3) is 0.296. The number of aromatic nitrogens is 2. The van der Waals surface area contributed by atoms with Gasteiger partial charge in [-0.25, -0.2) is 4.98 Å². The Balaban J connectivity index is 1.66. The van der Waals surface area contributed by atoms with Gasteiger partial charge in [0, 0.05) is 57.7 Å². The number of para-hydroxylation sites is 1. The van der Waals surface area contributed by atoms with Crippen molar-refractivity contribution in [2.75, 3.05) is 5.32 Å². The zero-order valence-corrected chi connectivity index (χ0v) is 19.4. The number of aromatic amines is 1. The summed E-state index contributed by atoms with van der Waals surface area (Å²) in [6, 6.07) is 13.5. The number of hydrogen-bond acceptors (Lipinski definition) is 4. The molecule has 5 rings (SSSR count). The molecule has 0 spiro atoms. The molecule has 1 atom stereocenters. The lowest BCUT2D eigenvalue weighted by molar-refractivity contribution is -0.118. The van der Waals surface area contributed by atoms with E-state index in [0.29, 0.717) is 23.4 Å². The molecule has 6 heteroatoms. The van der Waals surface area contributed by atoms with Crippen LogP contribution in [0.1, 0.15) is 50.8 Å². The molecule has 0 radical (unpaired) electrons. The second-order valence-electron chi connectivity index (χ2n) is 9.84. The summed E-state index contributed by atoms with van der Waals surface area (Å²) in [5.74, 6) is -0.118. The number of rotatable bonds is 3. The first kappa shape index (κ1) is 21.2. The maximum absolute atomic E-state index is 13.6. The van der Waals surface area contributed by atoms with Crippen molar-refractivity contribution in [1.29, 1.82) is 0 Å². The van der Waals surface area contributed by atoms with Gasteiger partial charge in [0.05, 0.1) is 0 Å². The maximum atomic E-state index is 13.6. The molecular weight excluding hydrogens is 412 g/mol. The third-order valence-corrected chi connectivity index (χ3v) is 6.55. The number of allylic oxidation sites excluding steroid dienone is 3. The summed E-state index contributed by atoms with van der Waals surface area (Å²) in [4.78, 5) is 34.9. The van der Waals surface area contributed by atoms with Crippen LogP contribution in [0.2, 0.25) is 0 Å². The Kier molecular flexibility index (Phi) is 4.96. The molecule has 6 nitrogen and oxygen atoms in total. The molecule has 1 unspecified atom stereocenters. The van der Waals surface area contributed by atoms with Gasteiger partial charge in [-0.15, -0.1) is 0 Å². The number of nitrogens with zero attached hydrogens (tertiary/aromatic N) is 1. The molecule has 2 aromatic heterocycles. The summed E-state index contributed by atoms with van der Waals surface area (Å²) < 4.78 is 0. The normalized spacial score (nSPS) is 20.0. The number of hydrogen-bond donors (Lipinski definition) is 3. The number of nitrogens with one attached hydrogen (secondary N) is 3. The number of dihydropyridines is 1. The molecule has 0 bridgehead atoms. The highest BCUT2D eigenvalue weighted by molar-refractivity contribution is 6.10. The van der Waals surface area contributed by atoms with Gasteiger partial charge >= 0.3 is 0 Å². The highest BCUT2D eigenvalue weighted by Crippen LogP contribution is 2.48. The largest absolute Gasteiger partial charge is 0.362 e. The number of anilines is 1. The first-order valence-electron chi connectivity index (χ1n) is 11.3. The monoisotopic (exact) mass is 440 g/mol. The summed E-state index contributed by atoms with van der Waals surface area (Å²) in [6.07, 6.45) is 3.15. The Morgan fingerprint density at radius 3 is 2.67 bits per heavy atom. The number of Topliss-reactive ketones (excluding diaryl/α,β-unsaturated/α-hetero) is 1. The first-order valence-corrected chi connectivity index (χ1v) is 11.3. The van der Waals surface area contributed by atoms with Crippen LogP contribution in [0.15, 0.2) is 71.2 Å². The fourth-order valence-electron chi connectivity index (χ4n) is 5.18. The molecule has 1 aliphatic heterocycles. The van der Waals surface area contributed by atoms with Gasteiger partial charge in [0.25, 0.3) is 5.91 Å². The number of aryl methyl sites for hydroxylation is 1. The van der Waals surface area contributed by atoms with Crippen molar-refractivity contribution in [2.45, 2.75) is 46.5 Å². The van der Waals surface area contributed by atoms with E-state index in [1.54, 1.807) is 6.07 Å². The van der Waals surface area contributed by atoms with Crippen LogP contribution in [0.3, 0.4) is 0 Å². The minimum absolute atomic E-state index is 0.0931. The summed E-state index contributed by atoms with van der Waals surface area (Å²) in [5, 5.41) is 7.39. The van der Waals surface area contributed by atoms with Crippen LogP contribution in [0.4, 0.5) is 5.82 Å². The van der Waals surface area contributed by atoms with Crippen LogP contribution < -0.4 is 10.6 Å². The van der Waals surface area contributed by atoms with E-state index in [9.17, 15) is 9.59 Å². The number of pyridine rings is 1. The number of H-pyrrole nitrogens is 1. The molecule has 0 fully saturated rings. The third kappa shape index (κ3) is 3.75. The lowest BCUT2D eigenvalue weighted by Crippen LogP contribution is -2.39. The summed E-state index contributed by atoms with van der Waals surface area (Å²) in [5.41, 5.74) is 5.56. The highest BCUT2D eigenvalue weighted by atomic mass is 16.2. The number of amides is 1. The van der Waals surface area contributed by atoms with Crippen molar-refractivity contribution in [3.05, 3.63) is 82.5 Å². The van der Waals surface area contributed by atoms with E-state index in [2.05, 4.69) is 34.4 Å². The fourth-order valence-corrected chi connectivity index (χ4v) is 5.18. The van der Waals surface area contributed by atoms with Crippen LogP contribution in [0, 0.1) is 12.3 Å². The van der Waals surface area contributed by atoms with E-state index < -0.39 is 5.92 Å². The molecule has 1 amide bonds. The second kappa shape index (κ2) is 7.73. The Bertz CT molecular complexity index is 1360. The highest BCUT2D eigenvalue weighted by Gasteiger charge is 2.43. The number of carbonyl (C=O) groups excluding carboxylic acids is 2. The zero-order chi connectivity index (χ0) is 23.3. The van der Waals surface area contributed by atoms with E-state index in [1.165, 1.54) is 0 Å². The smallest absolute Gasteiger partial charge is 0.255 e. The molecule has 1 aliphatic carbocycles. The van der Waals surface area contributed by atoms with Crippen molar-refractivity contribution in [1.82, 2.24) is 15.3 Å². The molecule has 1 aromatic carbocycles. The summed E-state index contributed by atoms with van der Waals surface area (Å²) in [6.45, 7) is 8.02. The van der Waals surface area contributed by atoms with Gasteiger partial charge in [0.2, 0.25) is 0 Å². The molecule has 3 aromatic rings. The first-order chi connectivity index (χ1) is 15.7. The third-order valence-electron chi connectivity index (χ3n) is 6.55. The standard InChI is InChI=1S/C27H28N4O2/c1-15-8-7-11-22(29-15)31-26(33)23-16(2)30-20-12-27(3,4)13-21(32)25(20)24(23)18-14-28-19-10-6-5-9-17(18)19/h5-11,14,24,28,30H,12-13H2,1-4H3,(H,29,31,33). The predicted octanol–water partition coefficient (Wildman–Crippen LogP) is 5.11. The average molecular weight is 441 g/mol. The van der Waals surface area contributed by atoms with Crippen molar-refractivity contribution in [2.24, 2.45) is 5.41 Å². The Morgan fingerprint density at radius 2 is 1.88 bits per heavy atom. The second-order valence-corrected chi connectivity index (χ2v) is 9.84. The number of fused-ring (bicyclic) bond motifs is 1. The van der Waals surface area contributed by atoms with E-state index in [1.807, 2.05) is 56.4 Å². The van der Waals surface area contributed by atoms with Crippen LogP contribution in [0.25, 0.3) is 10.9 Å². The van der Waals surface area contributed by atoms with Crippen molar-refractivity contribution in [3.8, 4) is 0 Å². The molecule has 2 aliphatic rings. The Morgan fingerprint density at radius 1 is 1.09 bits per heavy atom. The topological polar surface area (TPSA) is 86.9 Å². The molecule has 3 heterocycles. The summed E-state index contributed by atoms with van der Waals surface area (Å²) >= 11 is 0. The van der Waals surface area contributed by atoms with Gasteiger partial charge in [-0.1, -0.05) is 38.1 Å². The van der Waals surface area contributed by atoms with E-state index in [4.69, 9.17) is 0 Å². The maximum Gasteiger partial charge on any atom is 0.255 e. The Labute approximate surface area is 193 Å². The molecule has 168 valence electrons. The molecular formula is C27H28N4O2. The van der Waals surface area contributed by atoms with Gasteiger partial charge in [-0.05, 0) is 49.4 Å². The SMILES string of the molecule is CC1=C(C(=O)Nc2cccc(C)n2)C(c2c[nH]c3ccccc23)C2=C(CC(C)(C)CC2=O)N1. The molecule has 3 N–H and O–H groups in total. The lowest BCUT2D eigenvalue weighted by atomic mass is 9.68. The van der Waals surface area contributed by atoms with Gasteiger partial charge < -0.3 is 15.6 Å². The molecule has 0 saturated carbocycles. The van der Waals surface area contributed by atoms with Crippen LogP contribution >= 0.6 is 0 Å². The van der Waals surface area contributed by atoms with Gasteiger partial charge in [0.15, 0.2) is 5.78 Å². The van der Waals surface area contributed by atoms with E-state index >= 15 is 0 Å². The minimum atomic E-state index is -0.453. The molecule has 0 saturated heterocycles. The van der Waals surface area contributed by atoms with Gasteiger partial charge in [-0.3, -0.25) is 9.59 Å². The number of ketones is 1. The van der Waals surface area contributed by atoms with Crippen molar-refractivity contribution >= 4 is 28.4 Å². The van der Waals surface area contributed by atoms with E-state index in [-0.39, 0.29) is 17.1 Å². The number of benzene rings is 1. The van der Waals surface area contributed by atoms with Crippen molar-refractivity contribution < 1.29 is 9.59 Å². The molecule has 33 heavy (non-hydrogen) atoms. The van der Waals surface area contributed by atoms with Crippen LogP contribution in [-0.2, 0) is 9.59 Å². The van der Waals surface area contributed by atoms with Gasteiger partial charge in [0.1, 0.15) is 5.82 Å². The quantitative estimate of drug-likeness (QED) is 0.528. The lowest BCUT2D eigenvalue weighted by Gasteiger charge is -2.39. The minimum Gasteiger partial charge on any atom is -0.362 e.